The highest BCUT2D eigenvalue weighted by Gasteiger charge is 2.42. The highest BCUT2D eigenvalue weighted by atomic mass is 16.6. The molecule has 0 atom stereocenters. The lowest BCUT2D eigenvalue weighted by Gasteiger charge is -2.40. The molecule has 1 aromatic rings. The molecule has 21 heavy (non-hydrogen) atoms. The summed E-state index contributed by atoms with van der Waals surface area (Å²) in [4.78, 5) is 14.0. The molecule has 1 N–H and O–H groups in total. The van der Waals surface area contributed by atoms with E-state index in [4.69, 9.17) is 4.74 Å². The highest BCUT2D eigenvalue weighted by Crippen LogP contribution is 2.39. The summed E-state index contributed by atoms with van der Waals surface area (Å²) < 4.78 is 5.46. The van der Waals surface area contributed by atoms with Gasteiger partial charge < -0.3 is 15.0 Å². The number of piperidine rings is 1. The molecule has 114 valence electrons. The Morgan fingerprint density at radius 1 is 1.24 bits per heavy atom. The first-order valence-electron chi connectivity index (χ1n) is 7.71. The number of ether oxygens (including phenoxy) is 1. The van der Waals surface area contributed by atoms with Crippen molar-refractivity contribution < 1.29 is 9.53 Å². The second-order valence-electron chi connectivity index (χ2n) is 7.06. The largest absolute Gasteiger partial charge is 0.444 e. The fourth-order valence-electron chi connectivity index (χ4n) is 3.34. The second-order valence-corrected chi connectivity index (χ2v) is 7.06. The normalized spacial score (nSPS) is 20.4. The van der Waals surface area contributed by atoms with Crippen LogP contribution in [0.1, 0.15) is 44.7 Å². The molecule has 0 bridgehead atoms. The molecule has 2 aliphatic heterocycles. The van der Waals surface area contributed by atoms with Crippen LogP contribution in [-0.4, -0.2) is 29.7 Å². The van der Waals surface area contributed by atoms with E-state index in [0.29, 0.717) is 0 Å². The first-order valence-corrected chi connectivity index (χ1v) is 7.71. The zero-order valence-corrected chi connectivity index (χ0v) is 13.1. The zero-order valence-electron chi connectivity index (χ0n) is 13.1. The molecule has 1 spiro atoms. The molecule has 2 aliphatic rings. The van der Waals surface area contributed by atoms with Gasteiger partial charge in [0.1, 0.15) is 5.60 Å². The van der Waals surface area contributed by atoms with Crippen LogP contribution >= 0.6 is 0 Å². The number of hydrogen-bond acceptors (Lipinski definition) is 3. The summed E-state index contributed by atoms with van der Waals surface area (Å²) in [6.07, 6.45) is 1.70. The smallest absolute Gasteiger partial charge is 0.410 e. The number of hydrogen-bond donors (Lipinski definition) is 1. The third-order valence-electron chi connectivity index (χ3n) is 4.42. The van der Waals surface area contributed by atoms with Gasteiger partial charge in [0.2, 0.25) is 0 Å². The molecule has 0 radical (unpaired) electrons. The van der Waals surface area contributed by atoms with E-state index >= 15 is 0 Å². The van der Waals surface area contributed by atoms with Gasteiger partial charge in [0.25, 0.3) is 0 Å². The van der Waals surface area contributed by atoms with Gasteiger partial charge in [-0.25, -0.2) is 4.79 Å². The van der Waals surface area contributed by atoms with E-state index in [1.165, 1.54) is 11.1 Å². The van der Waals surface area contributed by atoms with Crippen LogP contribution in [0.2, 0.25) is 0 Å². The van der Waals surface area contributed by atoms with Crippen molar-refractivity contribution in [2.45, 2.75) is 51.3 Å². The molecule has 4 nitrogen and oxygen atoms in total. The third-order valence-corrected chi connectivity index (χ3v) is 4.42. The quantitative estimate of drug-likeness (QED) is 0.798. The number of rotatable bonds is 0. The molecule has 1 fully saturated rings. The molecular weight excluding hydrogens is 264 g/mol. The van der Waals surface area contributed by atoms with Crippen molar-refractivity contribution in [3.05, 3.63) is 35.4 Å². The van der Waals surface area contributed by atoms with Crippen LogP contribution in [0, 0.1) is 0 Å². The van der Waals surface area contributed by atoms with Gasteiger partial charge in [-0.2, -0.15) is 0 Å². The molecule has 1 amide bonds. The standard InChI is InChI=1S/C17H24N2O2/c1-16(2,3)21-15(20)19-10-8-17(9-11-19)14-7-5-4-6-13(14)12-18-17/h4-7,18H,8-12H2,1-3H3. The Morgan fingerprint density at radius 3 is 2.57 bits per heavy atom. The molecule has 0 unspecified atom stereocenters. The molecule has 2 heterocycles. The topological polar surface area (TPSA) is 41.6 Å². The van der Waals surface area contributed by atoms with Crippen molar-refractivity contribution in [3.8, 4) is 0 Å². The van der Waals surface area contributed by atoms with E-state index in [1.807, 2.05) is 25.7 Å². The first-order chi connectivity index (χ1) is 9.90. The SMILES string of the molecule is CC(C)(C)OC(=O)N1CCC2(CC1)NCc1ccccc12. The number of carbonyl (C=O) groups excluding carboxylic acids is 1. The third kappa shape index (κ3) is 2.77. The van der Waals surface area contributed by atoms with E-state index in [0.717, 1.165) is 32.5 Å². The lowest BCUT2D eigenvalue weighted by atomic mass is 9.82. The number of amides is 1. The van der Waals surface area contributed by atoms with Gasteiger partial charge in [-0.15, -0.1) is 0 Å². The van der Waals surface area contributed by atoms with Gasteiger partial charge >= 0.3 is 6.09 Å². The van der Waals surface area contributed by atoms with E-state index in [1.54, 1.807) is 0 Å². The summed E-state index contributed by atoms with van der Waals surface area (Å²) >= 11 is 0. The molecule has 0 aliphatic carbocycles. The van der Waals surface area contributed by atoms with E-state index in [2.05, 4.69) is 29.6 Å². The number of nitrogens with zero attached hydrogens (tertiary/aromatic N) is 1. The second kappa shape index (κ2) is 5.02. The molecule has 3 rings (SSSR count). The van der Waals surface area contributed by atoms with E-state index in [-0.39, 0.29) is 11.6 Å². The fraction of sp³-hybridized carbons (Fsp3) is 0.588. The number of fused-ring (bicyclic) bond motifs is 2. The van der Waals surface area contributed by atoms with Crippen molar-refractivity contribution in [1.82, 2.24) is 10.2 Å². The lowest BCUT2D eigenvalue weighted by Crippen LogP contribution is -2.50. The minimum absolute atomic E-state index is 0.0507. The summed E-state index contributed by atoms with van der Waals surface area (Å²) in [5.41, 5.74) is 2.43. The average molecular weight is 288 g/mol. The summed E-state index contributed by atoms with van der Waals surface area (Å²) in [5.74, 6) is 0. The van der Waals surface area contributed by atoms with Gasteiger partial charge in [-0.3, -0.25) is 0 Å². The van der Waals surface area contributed by atoms with Crippen LogP contribution < -0.4 is 5.32 Å². The Morgan fingerprint density at radius 2 is 1.90 bits per heavy atom. The summed E-state index contributed by atoms with van der Waals surface area (Å²) in [6, 6.07) is 8.61. The van der Waals surface area contributed by atoms with Crippen molar-refractivity contribution in [2.24, 2.45) is 0 Å². The van der Waals surface area contributed by atoms with Crippen LogP contribution in [0.25, 0.3) is 0 Å². The Labute approximate surface area is 126 Å². The van der Waals surface area contributed by atoms with E-state index in [9.17, 15) is 4.79 Å². The number of nitrogens with one attached hydrogen (secondary N) is 1. The Kier molecular flexibility index (Phi) is 3.44. The Bertz CT molecular complexity index is 540. The van der Waals surface area contributed by atoms with Crippen molar-refractivity contribution in [2.75, 3.05) is 13.1 Å². The molecule has 0 aromatic heterocycles. The molecule has 1 aromatic carbocycles. The summed E-state index contributed by atoms with van der Waals surface area (Å²) in [6.45, 7) is 8.15. The number of likely N-dealkylation sites (tertiary alicyclic amines) is 1. The minimum atomic E-state index is -0.426. The average Bonchev–Trinajstić information content (AvgIpc) is 2.77. The molecular formula is C17H24N2O2. The minimum Gasteiger partial charge on any atom is -0.444 e. The van der Waals surface area contributed by atoms with Gasteiger partial charge in [0.15, 0.2) is 0 Å². The predicted octanol–water partition coefficient (Wildman–Crippen LogP) is 3.02. The van der Waals surface area contributed by atoms with Gasteiger partial charge in [-0.05, 0) is 44.7 Å². The maximum absolute atomic E-state index is 12.1. The van der Waals surface area contributed by atoms with Crippen molar-refractivity contribution in [1.29, 1.82) is 0 Å². The number of carbonyl (C=O) groups is 1. The van der Waals surface area contributed by atoms with Gasteiger partial charge in [0.05, 0.1) is 0 Å². The van der Waals surface area contributed by atoms with Gasteiger partial charge in [-0.1, -0.05) is 24.3 Å². The van der Waals surface area contributed by atoms with Gasteiger partial charge in [0, 0.05) is 25.2 Å². The first kappa shape index (κ1) is 14.4. The number of benzene rings is 1. The monoisotopic (exact) mass is 288 g/mol. The maximum Gasteiger partial charge on any atom is 0.410 e. The maximum atomic E-state index is 12.1. The van der Waals surface area contributed by atoms with Crippen LogP contribution in [0.4, 0.5) is 4.79 Å². The van der Waals surface area contributed by atoms with Crippen LogP contribution in [0.5, 0.6) is 0 Å². The zero-order chi connectivity index (χ0) is 15.1. The van der Waals surface area contributed by atoms with Crippen LogP contribution in [0.3, 0.4) is 0 Å². The summed E-state index contributed by atoms with van der Waals surface area (Å²) in [7, 11) is 0. The lowest BCUT2D eigenvalue weighted by molar-refractivity contribution is 0.0150. The summed E-state index contributed by atoms with van der Waals surface area (Å²) in [5, 5.41) is 3.67. The van der Waals surface area contributed by atoms with Crippen LogP contribution in [0.15, 0.2) is 24.3 Å². The van der Waals surface area contributed by atoms with Crippen LogP contribution in [-0.2, 0) is 16.8 Å². The molecule has 0 saturated carbocycles. The fourth-order valence-corrected chi connectivity index (χ4v) is 3.34. The molecule has 1 saturated heterocycles. The Hall–Kier alpha value is -1.55. The molecule has 4 heteroatoms. The van der Waals surface area contributed by atoms with E-state index < -0.39 is 5.60 Å². The highest BCUT2D eigenvalue weighted by molar-refractivity contribution is 5.68. The van der Waals surface area contributed by atoms with Crippen molar-refractivity contribution >= 4 is 6.09 Å². The van der Waals surface area contributed by atoms with Crippen molar-refractivity contribution in [3.63, 3.8) is 0 Å². The predicted molar refractivity (Wildman–Crippen MR) is 82.0 cm³/mol. The Balaban J connectivity index is 1.68.